The highest BCUT2D eigenvalue weighted by Gasteiger charge is 2.23. The first-order valence-electron chi connectivity index (χ1n) is 10.5. The lowest BCUT2D eigenvalue weighted by Crippen LogP contribution is -2.36. The van der Waals surface area contributed by atoms with Crippen molar-refractivity contribution in [3.05, 3.63) is 23.8 Å². The number of rotatable bonds is 6. The molecule has 1 heterocycles. The molecule has 0 unspecified atom stereocenters. The van der Waals surface area contributed by atoms with Crippen molar-refractivity contribution < 1.29 is 9.59 Å². The molecule has 28 heavy (non-hydrogen) atoms. The van der Waals surface area contributed by atoms with Crippen LogP contribution in [0.4, 0.5) is 11.4 Å². The summed E-state index contributed by atoms with van der Waals surface area (Å²) in [5.74, 6) is 0.377. The number of hydrogen-bond acceptors (Lipinski definition) is 3. The Bertz CT molecular complexity index is 686. The van der Waals surface area contributed by atoms with Crippen LogP contribution in [0.3, 0.4) is 0 Å². The summed E-state index contributed by atoms with van der Waals surface area (Å²) in [6.45, 7) is 10.3. The zero-order valence-electron chi connectivity index (χ0n) is 18.5. The van der Waals surface area contributed by atoms with Crippen LogP contribution in [0.15, 0.2) is 18.2 Å². The second-order valence-electron chi connectivity index (χ2n) is 9.60. The number of nitrogens with one attached hydrogen (secondary N) is 1. The average molecular weight is 388 g/mol. The van der Waals surface area contributed by atoms with Crippen molar-refractivity contribution in [3.63, 3.8) is 0 Å². The smallest absolute Gasteiger partial charge is 0.256 e. The van der Waals surface area contributed by atoms with E-state index in [9.17, 15) is 9.59 Å². The van der Waals surface area contributed by atoms with Gasteiger partial charge in [-0.05, 0) is 55.2 Å². The Morgan fingerprint density at radius 1 is 1.14 bits per heavy atom. The van der Waals surface area contributed by atoms with E-state index < -0.39 is 0 Å². The first-order chi connectivity index (χ1) is 13.1. The van der Waals surface area contributed by atoms with Gasteiger partial charge in [0.05, 0.1) is 5.56 Å². The number of piperidine rings is 1. The van der Waals surface area contributed by atoms with Crippen molar-refractivity contribution in [2.24, 2.45) is 11.3 Å². The number of likely N-dealkylation sites (tertiary alicyclic amines) is 1. The van der Waals surface area contributed by atoms with E-state index in [0.717, 1.165) is 38.0 Å². The molecule has 1 fully saturated rings. The number of carbonyl (C=O) groups excluding carboxylic acids is 2. The SMILES string of the molecule is C[C@@H](CC(=O)Nc1ccc(N(C)C)c(C(=O)N2CCCCC2)c1)CC(C)(C)C. The molecule has 1 aromatic rings. The van der Waals surface area contributed by atoms with Crippen LogP contribution in [-0.4, -0.2) is 43.9 Å². The molecule has 0 bridgehead atoms. The van der Waals surface area contributed by atoms with Gasteiger partial charge in [-0.2, -0.15) is 0 Å². The molecule has 0 aliphatic carbocycles. The minimum Gasteiger partial charge on any atom is -0.377 e. The highest BCUT2D eigenvalue weighted by molar-refractivity contribution is 6.02. The molecule has 0 saturated carbocycles. The third kappa shape index (κ3) is 6.54. The molecular weight excluding hydrogens is 350 g/mol. The maximum absolute atomic E-state index is 13.1. The van der Waals surface area contributed by atoms with Crippen molar-refractivity contribution >= 4 is 23.2 Å². The molecule has 1 N–H and O–H groups in total. The van der Waals surface area contributed by atoms with Crippen LogP contribution in [0.25, 0.3) is 0 Å². The van der Waals surface area contributed by atoms with Crippen molar-refractivity contribution in [2.45, 2.75) is 59.8 Å². The van der Waals surface area contributed by atoms with E-state index in [0.29, 0.717) is 23.6 Å². The summed E-state index contributed by atoms with van der Waals surface area (Å²) in [5.41, 5.74) is 2.45. The third-order valence-corrected chi connectivity index (χ3v) is 5.13. The van der Waals surface area contributed by atoms with Crippen LogP contribution in [0.5, 0.6) is 0 Å². The Morgan fingerprint density at radius 3 is 2.36 bits per heavy atom. The maximum Gasteiger partial charge on any atom is 0.256 e. The number of amides is 2. The normalized spacial score (nSPS) is 15.9. The van der Waals surface area contributed by atoms with Gasteiger partial charge in [0.1, 0.15) is 0 Å². The molecule has 5 heteroatoms. The lowest BCUT2D eigenvalue weighted by atomic mass is 9.84. The lowest BCUT2D eigenvalue weighted by molar-refractivity contribution is -0.117. The number of carbonyl (C=O) groups is 2. The summed E-state index contributed by atoms with van der Waals surface area (Å²) < 4.78 is 0. The topological polar surface area (TPSA) is 52.7 Å². The molecule has 156 valence electrons. The Balaban J connectivity index is 2.13. The fraction of sp³-hybridized carbons (Fsp3) is 0.652. The van der Waals surface area contributed by atoms with Crippen LogP contribution in [0.1, 0.15) is 70.2 Å². The molecule has 1 aliphatic heterocycles. The van der Waals surface area contributed by atoms with E-state index in [1.165, 1.54) is 6.42 Å². The monoisotopic (exact) mass is 387 g/mol. The standard InChI is InChI=1S/C23H37N3O2/c1-17(16-23(2,3)4)14-21(27)24-18-10-11-20(25(5)6)19(15-18)22(28)26-12-8-7-9-13-26/h10-11,15,17H,7-9,12-14,16H2,1-6H3,(H,24,27)/t17-/m0/s1. The summed E-state index contributed by atoms with van der Waals surface area (Å²) in [6.07, 6.45) is 4.80. The highest BCUT2D eigenvalue weighted by Crippen LogP contribution is 2.28. The quantitative estimate of drug-likeness (QED) is 0.764. The van der Waals surface area contributed by atoms with E-state index in [-0.39, 0.29) is 17.2 Å². The van der Waals surface area contributed by atoms with Gasteiger partial charge in [0, 0.05) is 45.0 Å². The van der Waals surface area contributed by atoms with Gasteiger partial charge in [-0.1, -0.05) is 27.7 Å². The summed E-state index contributed by atoms with van der Waals surface area (Å²) in [6, 6.07) is 5.64. The van der Waals surface area contributed by atoms with Crippen LogP contribution in [0.2, 0.25) is 0 Å². The molecule has 2 amide bonds. The Labute approximate surface area is 170 Å². The second-order valence-corrected chi connectivity index (χ2v) is 9.60. The predicted molar refractivity (Wildman–Crippen MR) is 117 cm³/mol. The molecule has 1 saturated heterocycles. The first-order valence-corrected chi connectivity index (χ1v) is 10.5. The predicted octanol–water partition coefficient (Wildman–Crippen LogP) is 4.78. The molecule has 0 radical (unpaired) electrons. The van der Waals surface area contributed by atoms with E-state index in [4.69, 9.17) is 0 Å². The Morgan fingerprint density at radius 2 is 1.79 bits per heavy atom. The Hall–Kier alpha value is -2.04. The fourth-order valence-corrected chi connectivity index (χ4v) is 4.09. The Kier molecular flexibility index (Phi) is 7.50. The zero-order valence-corrected chi connectivity index (χ0v) is 18.5. The molecule has 0 aromatic heterocycles. The molecule has 1 atom stereocenters. The van der Waals surface area contributed by atoms with E-state index in [2.05, 4.69) is 33.0 Å². The zero-order chi connectivity index (χ0) is 20.9. The average Bonchev–Trinajstić information content (AvgIpc) is 2.59. The van der Waals surface area contributed by atoms with Gasteiger partial charge in [0.25, 0.3) is 5.91 Å². The number of hydrogen-bond donors (Lipinski definition) is 1. The summed E-state index contributed by atoms with van der Waals surface area (Å²) in [4.78, 5) is 29.5. The summed E-state index contributed by atoms with van der Waals surface area (Å²) in [7, 11) is 3.88. The van der Waals surface area contributed by atoms with Crippen molar-refractivity contribution in [1.82, 2.24) is 4.90 Å². The minimum absolute atomic E-state index is 0.00530. The van der Waals surface area contributed by atoms with E-state index >= 15 is 0 Å². The second kappa shape index (κ2) is 9.44. The van der Waals surface area contributed by atoms with Crippen molar-refractivity contribution in [1.29, 1.82) is 0 Å². The van der Waals surface area contributed by atoms with Gasteiger partial charge in [0.2, 0.25) is 5.91 Å². The van der Waals surface area contributed by atoms with Crippen molar-refractivity contribution in [2.75, 3.05) is 37.4 Å². The van der Waals surface area contributed by atoms with Gasteiger partial charge >= 0.3 is 0 Å². The van der Waals surface area contributed by atoms with Crippen LogP contribution >= 0.6 is 0 Å². The number of anilines is 2. The lowest BCUT2D eigenvalue weighted by Gasteiger charge is -2.28. The molecule has 1 aromatic carbocycles. The van der Waals surface area contributed by atoms with Gasteiger partial charge in [-0.15, -0.1) is 0 Å². The van der Waals surface area contributed by atoms with E-state index in [1.807, 2.05) is 42.1 Å². The van der Waals surface area contributed by atoms with Gasteiger partial charge < -0.3 is 15.1 Å². The summed E-state index contributed by atoms with van der Waals surface area (Å²) >= 11 is 0. The first kappa shape index (κ1) is 22.3. The maximum atomic E-state index is 13.1. The third-order valence-electron chi connectivity index (χ3n) is 5.13. The molecule has 5 nitrogen and oxygen atoms in total. The molecular formula is C23H37N3O2. The molecule has 1 aliphatic rings. The van der Waals surface area contributed by atoms with Crippen LogP contribution in [-0.2, 0) is 4.79 Å². The van der Waals surface area contributed by atoms with Gasteiger partial charge in [-0.3, -0.25) is 9.59 Å². The highest BCUT2D eigenvalue weighted by atomic mass is 16.2. The van der Waals surface area contributed by atoms with E-state index in [1.54, 1.807) is 0 Å². The van der Waals surface area contributed by atoms with Crippen LogP contribution in [0, 0.1) is 11.3 Å². The van der Waals surface area contributed by atoms with Gasteiger partial charge in [-0.25, -0.2) is 0 Å². The van der Waals surface area contributed by atoms with Crippen molar-refractivity contribution in [3.8, 4) is 0 Å². The fourth-order valence-electron chi connectivity index (χ4n) is 4.09. The molecule has 2 rings (SSSR count). The minimum atomic E-state index is 0.00530. The van der Waals surface area contributed by atoms with Gasteiger partial charge in [0.15, 0.2) is 0 Å². The largest absolute Gasteiger partial charge is 0.377 e. The number of benzene rings is 1. The van der Waals surface area contributed by atoms with Crippen LogP contribution < -0.4 is 10.2 Å². The molecule has 0 spiro atoms. The number of nitrogens with zero attached hydrogens (tertiary/aromatic N) is 2. The summed E-state index contributed by atoms with van der Waals surface area (Å²) in [5, 5.41) is 2.99.